The number of carbonyl (C=O) groups excluding carboxylic acids is 2. The Labute approximate surface area is 150 Å². The normalized spacial score (nSPS) is 14.6. The SMILES string of the molecule is C[C@H](OC(=O)c1ccc(Cl)cc1O)C(=O)N1CCc2ccccc2C1. The maximum atomic E-state index is 12.6. The lowest BCUT2D eigenvalue weighted by atomic mass is 9.99. The van der Waals surface area contributed by atoms with Gasteiger partial charge in [-0.3, -0.25) is 4.79 Å². The van der Waals surface area contributed by atoms with Crippen LogP contribution in [0.1, 0.15) is 28.4 Å². The number of phenolic OH excluding ortho intramolecular Hbond substituents is 1. The number of phenols is 1. The van der Waals surface area contributed by atoms with Gasteiger partial charge in [0.15, 0.2) is 6.10 Å². The molecule has 3 rings (SSSR count). The van der Waals surface area contributed by atoms with Crippen LogP contribution in [0.3, 0.4) is 0 Å². The van der Waals surface area contributed by atoms with Crippen molar-refractivity contribution in [3.8, 4) is 5.75 Å². The standard InChI is InChI=1S/C19H18ClNO4/c1-12(25-19(24)16-7-6-15(20)10-17(16)22)18(23)21-9-8-13-4-2-3-5-14(13)11-21/h2-7,10,12,22H,8-9,11H2,1H3/t12-/m0/s1. The van der Waals surface area contributed by atoms with Crippen molar-refractivity contribution in [2.45, 2.75) is 26.0 Å². The van der Waals surface area contributed by atoms with Gasteiger partial charge in [-0.25, -0.2) is 4.79 Å². The van der Waals surface area contributed by atoms with Gasteiger partial charge >= 0.3 is 5.97 Å². The van der Waals surface area contributed by atoms with Gasteiger partial charge in [-0.1, -0.05) is 35.9 Å². The van der Waals surface area contributed by atoms with E-state index in [1.165, 1.54) is 30.7 Å². The number of benzene rings is 2. The Hall–Kier alpha value is -2.53. The molecular formula is C19H18ClNO4. The third-order valence-corrected chi connectivity index (χ3v) is 4.49. The Morgan fingerprint density at radius 1 is 1.20 bits per heavy atom. The van der Waals surface area contributed by atoms with Crippen LogP contribution in [0, 0.1) is 0 Å². The second-order valence-electron chi connectivity index (χ2n) is 5.99. The fourth-order valence-electron chi connectivity index (χ4n) is 2.89. The number of rotatable bonds is 3. The molecule has 2 aromatic rings. The van der Waals surface area contributed by atoms with Gasteiger partial charge in [-0.2, -0.15) is 0 Å². The van der Waals surface area contributed by atoms with Gasteiger partial charge in [-0.15, -0.1) is 0 Å². The van der Waals surface area contributed by atoms with Crippen molar-refractivity contribution in [1.29, 1.82) is 0 Å². The van der Waals surface area contributed by atoms with Crippen molar-refractivity contribution in [2.24, 2.45) is 0 Å². The second kappa shape index (κ2) is 7.15. The van der Waals surface area contributed by atoms with Crippen LogP contribution in [-0.4, -0.2) is 34.5 Å². The number of esters is 1. The first-order chi connectivity index (χ1) is 12.0. The fraction of sp³-hybridized carbons (Fsp3) is 0.263. The van der Waals surface area contributed by atoms with Gasteiger partial charge in [0, 0.05) is 18.1 Å². The van der Waals surface area contributed by atoms with E-state index in [-0.39, 0.29) is 17.2 Å². The molecule has 5 nitrogen and oxygen atoms in total. The third-order valence-electron chi connectivity index (χ3n) is 4.25. The van der Waals surface area contributed by atoms with E-state index in [1.807, 2.05) is 18.2 Å². The Kier molecular flexibility index (Phi) is 4.95. The molecule has 1 N–H and O–H groups in total. The molecule has 1 aliphatic rings. The number of hydrogen-bond acceptors (Lipinski definition) is 4. The van der Waals surface area contributed by atoms with Crippen molar-refractivity contribution in [3.63, 3.8) is 0 Å². The number of ether oxygens (including phenoxy) is 1. The maximum absolute atomic E-state index is 12.6. The summed E-state index contributed by atoms with van der Waals surface area (Å²) in [6, 6.07) is 12.1. The van der Waals surface area contributed by atoms with Crippen LogP contribution >= 0.6 is 11.6 Å². The molecule has 6 heteroatoms. The van der Waals surface area contributed by atoms with Crippen molar-refractivity contribution in [1.82, 2.24) is 4.90 Å². The average molecular weight is 360 g/mol. The van der Waals surface area contributed by atoms with E-state index in [0.29, 0.717) is 18.1 Å². The first kappa shape index (κ1) is 17.3. The molecule has 0 unspecified atom stereocenters. The number of carbonyl (C=O) groups is 2. The molecule has 0 aliphatic carbocycles. The van der Waals surface area contributed by atoms with E-state index >= 15 is 0 Å². The quantitative estimate of drug-likeness (QED) is 0.855. The van der Waals surface area contributed by atoms with Crippen LogP contribution in [0.2, 0.25) is 5.02 Å². The molecular weight excluding hydrogens is 342 g/mol. The van der Waals surface area contributed by atoms with Crippen LogP contribution in [0.5, 0.6) is 5.75 Å². The van der Waals surface area contributed by atoms with E-state index in [9.17, 15) is 14.7 Å². The molecule has 130 valence electrons. The topological polar surface area (TPSA) is 66.8 Å². The lowest BCUT2D eigenvalue weighted by molar-refractivity contribution is -0.140. The first-order valence-corrected chi connectivity index (χ1v) is 8.38. The zero-order valence-corrected chi connectivity index (χ0v) is 14.5. The largest absolute Gasteiger partial charge is 0.507 e. The van der Waals surface area contributed by atoms with E-state index < -0.39 is 12.1 Å². The lowest BCUT2D eigenvalue weighted by Crippen LogP contribution is -2.42. The number of hydrogen-bond donors (Lipinski definition) is 1. The third kappa shape index (κ3) is 3.77. The summed E-state index contributed by atoms with van der Waals surface area (Å²) in [6.07, 6.45) is -0.159. The molecule has 0 saturated carbocycles. The molecule has 0 saturated heterocycles. The molecule has 0 aromatic heterocycles. The van der Waals surface area contributed by atoms with Crippen molar-refractivity contribution in [3.05, 3.63) is 64.2 Å². The van der Waals surface area contributed by atoms with E-state index in [2.05, 4.69) is 6.07 Å². The smallest absolute Gasteiger partial charge is 0.342 e. The predicted molar refractivity (Wildman–Crippen MR) is 93.6 cm³/mol. The highest BCUT2D eigenvalue weighted by Crippen LogP contribution is 2.24. The highest BCUT2D eigenvalue weighted by molar-refractivity contribution is 6.30. The second-order valence-corrected chi connectivity index (χ2v) is 6.42. The Morgan fingerprint density at radius 2 is 1.92 bits per heavy atom. The van der Waals surface area contributed by atoms with Crippen LogP contribution in [0.4, 0.5) is 0 Å². The lowest BCUT2D eigenvalue weighted by Gasteiger charge is -2.30. The van der Waals surface area contributed by atoms with Gasteiger partial charge in [0.25, 0.3) is 5.91 Å². The molecule has 1 atom stereocenters. The number of aromatic hydroxyl groups is 1. The Bertz CT molecular complexity index is 821. The summed E-state index contributed by atoms with van der Waals surface area (Å²) >= 11 is 5.75. The van der Waals surface area contributed by atoms with Gasteiger partial charge in [0.2, 0.25) is 0 Å². The minimum atomic E-state index is -0.937. The molecule has 1 aliphatic heterocycles. The molecule has 0 radical (unpaired) electrons. The highest BCUT2D eigenvalue weighted by Gasteiger charge is 2.27. The maximum Gasteiger partial charge on any atom is 0.342 e. The summed E-state index contributed by atoms with van der Waals surface area (Å²) in [7, 11) is 0. The molecule has 0 fully saturated rings. The molecule has 1 amide bonds. The number of nitrogens with zero attached hydrogens (tertiary/aromatic N) is 1. The van der Waals surface area contributed by atoms with Gasteiger partial charge in [0.05, 0.1) is 0 Å². The summed E-state index contributed by atoms with van der Waals surface area (Å²) in [5.41, 5.74) is 2.33. The van der Waals surface area contributed by atoms with Crippen molar-refractivity contribution < 1.29 is 19.4 Å². The summed E-state index contributed by atoms with van der Waals surface area (Å²) in [5, 5.41) is 10.1. The monoisotopic (exact) mass is 359 g/mol. The molecule has 0 bridgehead atoms. The van der Waals surface area contributed by atoms with E-state index in [1.54, 1.807) is 4.90 Å². The van der Waals surface area contributed by atoms with Gasteiger partial charge in [0.1, 0.15) is 11.3 Å². The summed E-state index contributed by atoms with van der Waals surface area (Å²) in [5.74, 6) is -1.28. The Morgan fingerprint density at radius 3 is 2.64 bits per heavy atom. The fourth-order valence-corrected chi connectivity index (χ4v) is 3.06. The van der Waals surface area contributed by atoms with E-state index in [4.69, 9.17) is 16.3 Å². The van der Waals surface area contributed by atoms with Crippen LogP contribution in [0.25, 0.3) is 0 Å². The zero-order chi connectivity index (χ0) is 18.0. The van der Waals surface area contributed by atoms with Crippen LogP contribution in [-0.2, 0) is 22.5 Å². The average Bonchev–Trinajstić information content (AvgIpc) is 2.60. The van der Waals surface area contributed by atoms with Crippen LogP contribution in [0.15, 0.2) is 42.5 Å². The number of fused-ring (bicyclic) bond motifs is 1. The molecule has 25 heavy (non-hydrogen) atoms. The van der Waals surface area contributed by atoms with Crippen molar-refractivity contribution >= 4 is 23.5 Å². The summed E-state index contributed by atoms with van der Waals surface area (Å²) in [4.78, 5) is 26.4. The minimum absolute atomic E-state index is 0.0203. The molecule has 2 aromatic carbocycles. The molecule has 0 spiro atoms. The highest BCUT2D eigenvalue weighted by atomic mass is 35.5. The molecule has 1 heterocycles. The van der Waals surface area contributed by atoms with Gasteiger partial charge < -0.3 is 14.7 Å². The predicted octanol–water partition coefficient (Wildman–Crippen LogP) is 3.18. The zero-order valence-electron chi connectivity index (χ0n) is 13.7. The van der Waals surface area contributed by atoms with Crippen molar-refractivity contribution in [2.75, 3.05) is 6.54 Å². The van der Waals surface area contributed by atoms with Gasteiger partial charge in [-0.05, 0) is 42.7 Å². The summed E-state index contributed by atoms with van der Waals surface area (Å²) < 4.78 is 5.23. The van der Waals surface area contributed by atoms with Crippen LogP contribution < -0.4 is 0 Å². The van der Waals surface area contributed by atoms with E-state index in [0.717, 1.165) is 12.0 Å². The number of halogens is 1. The first-order valence-electron chi connectivity index (χ1n) is 8.01. The summed E-state index contributed by atoms with van der Waals surface area (Å²) in [6.45, 7) is 2.63. The number of amides is 1. The minimum Gasteiger partial charge on any atom is -0.507 e. The Balaban J connectivity index is 1.66.